The third-order valence-electron chi connectivity index (χ3n) is 3.38. The van der Waals surface area contributed by atoms with Crippen molar-refractivity contribution in [1.29, 1.82) is 0 Å². The van der Waals surface area contributed by atoms with Crippen LogP contribution in [0.3, 0.4) is 0 Å². The van der Waals surface area contributed by atoms with Crippen LogP contribution in [-0.4, -0.2) is 36.5 Å². The van der Waals surface area contributed by atoms with Gasteiger partial charge in [0, 0.05) is 19.0 Å². The molecule has 0 aromatic rings. The maximum atomic E-state index is 11.8. The lowest BCUT2D eigenvalue weighted by atomic mass is 9.96. The zero-order valence-electron chi connectivity index (χ0n) is 11.8. The van der Waals surface area contributed by atoms with E-state index in [1.807, 2.05) is 18.7 Å². The number of likely N-dealkylation sites (tertiary alicyclic amines) is 1. The van der Waals surface area contributed by atoms with Gasteiger partial charge in [-0.25, -0.2) is 0 Å². The lowest BCUT2D eigenvalue weighted by molar-refractivity contribution is -0.152. The molecule has 1 aliphatic heterocycles. The van der Waals surface area contributed by atoms with Gasteiger partial charge in [0.2, 0.25) is 5.91 Å². The first-order valence-corrected chi connectivity index (χ1v) is 7.01. The van der Waals surface area contributed by atoms with Crippen molar-refractivity contribution < 1.29 is 14.3 Å². The van der Waals surface area contributed by atoms with E-state index in [1.165, 1.54) is 0 Å². The summed E-state index contributed by atoms with van der Waals surface area (Å²) in [5.41, 5.74) is 0. The van der Waals surface area contributed by atoms with Gasteiger partial charge >= 0.3 is 5.97 Å². The van der Waals surface area contributed by atoms with Crippen molar-refractivity contribution in [2.75, 3.05) is 19.7 Å². The number of hydrogen-bond donors (Lipinski definition) is 0. The number of rotatable bonds is 5. The molecule has 104 valence electrons. The summed E-state index contributed by atoms with van der Waals surface area (Å²) < 4.78 is 5.22. The molecule has 1 heterocycles. The largest absolute Gasteiger partial charge is 0.465 e. The third-order valence-corrected chi connectivity index (χ3v) is 3.38. The molecule has 0 radical (unpaired) electrons. The molecule has 18 heavy (non-hydrogen) atoms. The fraction of sp³-hybridized carbons (Fsp3) is 0.857. The molecule has 1 saturated heterocycles. The van der Waals surface area contributed by atoms with Crippen LogP contribution in [0.25, 0.3) is 0 Å². The Hall–Kier alpha value is -1.06. The molecule has 4 nitrogen and oxygen atoms in total. The SMILES string of the molecule is CCCCOC(=O)C1CCN(C(=O)C(C)C)CC1. The highest BCUT2D eigenvalue weighted by Gasteiger charge is 2.28. The van der Waals surface area contributed by atoms with E-state index in [0.29, 0.717) is 19.7 Å². The van der Waals surface area contributed by atoms with E-state index >= 15 is 0 Å². The fourth-order valence-corrected chi connectivity index (χ4v) is 2.14. The second-order valence-electron chi connectivity index (χ2n) is 5.28. The average Bonchev–Trinajstić information content (AvgIpc) is 2.38. The highest BCUT2D eigenvalue weighted by atomic mass is 16.5. The molecule has 0 unspecified atom stereocenters. The Balaban J connectivity index is 2.30. The maximum absolute atomic E-state index is 11.8. The van der Waals surface area contributed by atoms with Crippen molar-refractivity contribution in [3.8, 4) is 0 Å². The summed E-state index contributed by atoms with van der Waals surface area (Å²) in [4.78, 5) is 25.4. The summed E-state index contributed by atoms with van der Waals surface area (Å²) in [6.07, 6.45) is 3.44. The number of amides is 1. The standard InChI is InChI=1S/C14H25NO3/c1-4-5-10-18-14(17)12-6-8-15(9-7-12)13(16)11(2)3/h11-12H,4-10H2,1-3H3. The van der Waals surface area contributed by atoms with Gasteiger partial charge in [-0.15, -0.1) is 0 Å². The fourth-order valence-electron chi connectivity index (χ4n) is 2.14. The molecule has 1 aliphatic rings. The van der Waals surface area contributed by atoms with Crippen molar-refractivity contribution in [2.45, 2.75) is 46.5 Å². The lowest BCUT2D eigenvalue weighted by Crippen LogP contribution is -2.42. The van der Waals surface area contributed by atoms with Crippen LogP contribution < -0.4 is 0 Å². The van der Waals surface area contributed by atoms with E-state index in [1.54, 1.807) is 0 Å². The minimum Gasteiger partial charge on any atom is -0.465 e. The molecule has 0 aromatic heterocycles. The zero-order chi connectivity index (χ0) is 13.5. The summed E-state index contributed by atoms with van der Waals surface area (Å²) in [5, 5.41) is 0. The Morgan fingerprint density at radius 1 is 1.28 bits per heavy atom. The summed E-state index contributed by atoms with van der Waals surface area (Å²) in [5.74, 6) is 0.129. The van der Waals surface area contributed by atoms with Gasteiger partial charge in [-0.2, -0.15) is 0 Å². The molecular weight excluding hydrogens is 230 g/mol. The Kier molecular flexibility index (Phi) is 6.16. The predicted octanol–water partition coefficient (Wildman–Crippen LogP) is 2.22. The van der Waals surface area contributed by atoms with Crippen LogP contribution in [0.5, 0.6) is 0 Å². The van der Waals surface area contributed by atoms with Crippen LogP contribution in [0.4, 0.5) is 0 Å². The van der Waals surface area contributed by atoms with Crippen molar-refractivity contribution >= 4 is 11.9 Å². The number of esters is 1. The minimum atomic E-state index is -0.0832. The number of nitrogens with zero attached hydrogens (tertiary/aromatic N) is 1. The normalized spacial score (nSPS) is 17.0. The van der Waals surface area contributed by atoms with Crippen LogP contribution >= 0.6 is 0 Å². The van der Waals surface area contributed by atoms with Gasteiger partial charge in [0.15, 0.2) is 0 Å². The van der Waals surface area contributed by atoms with Gasteiger partial charge < -0.3 is 9.64 Å². The summed E-state index contributed by atoms with van der Waals surface area (Å²) >= 11 is 0. The van der Waals surface area contributed by atoms with Gasteiger partial charge in [0.05, 0.1) is 12.5 Å². The van der Waals surface area contributed by atoms with Crippen molar-refractivity contribution in [2.24, 2.45) is 11.8 Å². The lowest BCUT2D eigenvalue weighted by Gasteiger charge is -2.32. The van der Waals surface area contributed by atoms with Crippen LogP contribution in [0, 0.1) is 11.8 Å². The van der Waals surface area contributed by atoms with Gasteiger partial charge in [-0.05, 0) is 19.3 Å². The number of carbonyl (C=O) groups excluding carboxylic acids is 2. The van der Waals surface area contributed by atoms with Crippen LogP contribution in [0.1, 0.15) is 46.5 Å². The highest BCUT2D eigenvalue weighted by molar-refractivity contribution is 5.79. The van der Waals surface area contributed by atoms with E-state index in [2.05, 4.69) is 6.92 Å². The highest BCUT2D eigenvalue weighted by Crippen LogP contribution is 2.20. The quantitative estimate of drug-likeness (QED) is 0.559. The van der Waals surface area contributed by atoms with Crippen LogP contribution in [0.15, 0.2) is 0 Å². The smallest absolute Gasteiger partial charge is 0.309 e. The Morgan fingerprint density at radius 3 is 2.39 bits per heavy atom. The number of piperidine rings is 1. The van der Waals surface area contributed by atoms with Crippen molar-refractivity contribution in [1.82, 2.24) is 4.90 Å². The summed E-state index contributed by atoms with van der Waals surface area (Å²) in [6.45, 7) is 7.79. The zero-order valence-corrected chi connectivity index (χ0v) is 11.8. The molecular formula is C14H25NO3. The van der Waals surface area contributed by atoms with Crippen LogP contribution in [0.2, 0.25) is 0 Å². The molecule has 0 atom stereocenters. The second-order valence-corrected chi connectivity index (χ2v) is 5.28. The molecule has 1 amide bonds. The van der Waals surface area contributed by atoms with Gasteiger partial charge in [-0.3, -0.25) is 9.59 Å². The monoisotopic (exact) mass is 255 g/mol. The predicted molar refractivity (Wildman–Crippen MR) is 70.0 cm³/mol. The molecule has 0 saturated carbocycles. The molecule has 0 N–H and O–H groups in total. The third kappa shape index (κ3) is 4.31. The molecule has 1 rings (SSSR count). The first-order chi connectivity index (χ1) is 8.56. The number of ether oxygens (including phenoxy) is 1. The molecule has 0 aliphatic carbocycles. The van der Waals surface area contributed by atoms with Crippen LogP contribution in [-0.2, 0) is 14.3 Å². The van der Waals surface area contributed by atoms with E-state index in [9.17, 15) is 9.59 Å². The minimum absolute atomic E-state index is 0.0157. The first-order valence-electron chi connectivity index (χ1n) is 7.01. The van der Waals surface area contributed by atoms with E-state index < -0.39 is 0 Å². The average molecular weight is 255 g/mol. The molecule has 0 aromatic carbocycles. The number of carbonyl (C=O) groups is 2. The molecule has 0 bridgehead atoms. The van der Waals surface area contributed by atoms with E-state index in [4.69, 9.17) is 4.74 Å². The summed E-state index contributed by atoms with van der Waals surface area (Å²) in [6, 6.07) is 0. The van der Waals surface area contributed by atoms with E-state index in [-0.39, 0.29) is 23.7 Å². The van der Waals surface area contributed by atoms with Gasteiger partial charge in [0.25, 0.3) is 0 Å². The molecule has 4 heteroatoms. The van der Waals surface area contributed by atoms with Crippen molar-refractivity contribution in [3.05, 3.63) is 0 Å². The number of unbranched alkanes of at least 4 members (excludes halogenated alkanes) is 1. The van der Waals surface area contributed by atoms with Gasteiger partial charge in [0.1, 0.15) is 0 Å². The first kappa shape index (κ1) is 15.0. The van der Waals surface area contributed by atoms with Crippen molar-refractivity contribution in [3.63, 3.8) is 0 Å². The summed E-state index contributed by atoms with van der Waals surface area (Å²) in [7, 11) is 0. The Morgan fingerprint density at radius 2 is 1.89 bits per heavy atom. The topological polar surface area (TPSA) is 46.6 Å². The molecule has 1 fully saturated rings. The van der Waals surface area contributed by atoms with E-state index in [0.717, 1.165) is 25.7 Å². The maximum Gasteiger partial charge on any atom is 0.309 e. The second kappa shape index (κ2) is 7.39. The Labute approximate surface area is 110 Å². The van der Waals surface area contributed by atoms with Gasteiger partial charge in [-0.1, -0.05) is 27.2 Å². The number of hydrogen-bond acceptors (Lipinski definition) is 3. The Bertz CT molecular complexity index is 281. The molecule has 0 spiro atoms.